The summed E-state index contributed by atoms with van der Waals surface area (Å²) in [5, 5.41) is 0. The second kappa shape index (κ2) is 4.59. The first-order valence-electron chi connectivity index (χ1n) is 4.20. The molecule has 0 heterocycles. The van der Waals surface area contributed by atoms with Crippen molar-refractivity contribution in [1.82, 2.24) is 5.43 Å². The lowest BCUT2D eigenvalue weighted by Crippen LogP contribution is -2.24. The van der Waals surface area contributed by atoms with E-state index in [0.29, 0.717) is 6.26 Å². The van der Waals surface area contributed by atoms with Gasteiger partial charge < -0.3 is 0 Å². The lowest BCUT2D eigenvalue weighted by atomic mass is 10.2. The fourth-order valence-corrected chi connectivity index (χ4v) is 2.07. The number of halogens is 4. The van der Waals surface area contributed by atoms with E-state index >= 15 is 0 Å². The van der Waals surface area contributed by atoms with Gasteiger partial charge in [-0.15, -0.1) is 0 Å². The monoisotopic (exact) mass is 272 g/mol. The molecular weight excluding hydrogens is 264 g/mol. The maximum Gasteiger partial charge on any atom is 0.181 e. The van der Waals surface area contributed by atoms with Gasteiger partial charge >= 0.3 is 0 Å². The molecule has 0 fully saturated rings. The Kier molecular flexibility index (Phi) is 3.74. The number of hydrogen-bond donors (Lipinski definition) is 2. The Morgan fingerprint density at radius 3 is 1.76 bits per heavy atom. The van der Waals surface area contributed by atoms with Gasteiger partial charge in [0.15, 0.2) is 33.1 Å². The van der Waals surface area contributed by atoms with E-state index in [4.69, 9.17) is 5.84 Å². The molecule has 0 aromatic heterocycles. The molecule has 3 N–H and O–H groups in total. The van der Waals surface area contributed by atoms with Crippen molar-refractivity contribution in [3.63, 3.8) is 0 Å². The molecule has 0 atom stereocenters. The molecule has 17 heavy (non-hydrogen) atoms. The Hall–Kier alpha value is -1.19. The minimum atomic E-state index is -4.42. The molecule has 0 radical (unpaired) electrons. The number of rotatable bonds is 3. The van der Waals surface area contributed by atoms with E-state index in [1.165, 1.54) is 0 Å². The van der Waals surface area contributed by atoms with Crippen LogP contribution in [0.1, 0.15) is 5.56 Å². The number of hydrazine groups is 1. The third kappa shape index (κ3) is 2.40. The SMILES string of the molecule is CS(=O)(=O)c1c(F)c(F)c(CNN)c(F)c1F. The van der Waals surface area contributed by atoms with Gasteiger partial charge in [-0.3, -0.25) is 11.3 Å². The predicted octanol–water partition coefficient (Wildman–Crippen LogP) is 0.610. The zero-order chi connectivity index (χ0) is 13.4. The second-order valence-electron chi connectivity index (χ2n) is 3.22. The molecule has 0 bridgehead atoms. The summed E-state index contributed by atoms with van der Waals surface area (Å²) in [4.78, 5) is -1.63. The summed E-state index contributed by atoms with van der Waals surface area (Å²) in [5.41, 5.74) is 0.811. The predicted molar refractivity (Wildman–Crippen MR) is 50.4 cm³/mol. The number of sulfone groups is 1. The van der Waals surface area contributed by atoms with Crippen LogP contribution in [0.4, 0.5) is 17.6 Å². The van der Waals surface area contributed by atoms with Crippen molar-refractivity contribution in [2.45, 2.75) is 11.4 Å². The van der Waals surface area contributed by atoms with E-state index in [1.807, 2.05) is 5.43 Å². The van der Waals surface area contributed by atoms with Crippen molar-refractivity contribution in [1.29, 1.82) is 0 Å². The maximum absolute atomic E-state index is 13.3. The lowest BCUT2D eigenvalue weighted by molar-refractivity contribution is 0.404. The van der Waals surface area contributed by atoms with Crippen LogP contribution < -0.4 is 11.3 Å². The van der Waals surface area contributed by atoms with Gasteiger partial charge in [0.1, 0.15) is 4.90 Å². The number of hydrogen-bond acceptors (Lipinski definition) is 4. The molecule has 96 valence electrons. The third-order valence-electron chi connectivity index (χ3n) is 1.96. The van der Waals surface area contributed by atoms with Crippen LogP contribution in [0.5, 0.6) is 0 Å². The summed E-state index contributed by atoms with van der Waals surface area (Å²) in [6.45, 7) is -0.685. The largest absolute Gasteiger partial charge is 0.271 e. The van der Waals surface area contributed by atoms with Crippen LogP contribution in [-0.4, -0.2) is 14.7 Å². The van der Waals surface area contributed by atoms with Gasteiger partial charge in [-0.25, -0.2) is 26.0 Å². The highest BCUT2D eigenvalue weighted by Crippen LogP contribution is 2.27. The average Bonchev–Trinajstić information content (AvgIpc) is 2.20. The minimum Gasteiger partial charge on any atom is -0.271 e. The summed E-state index contributed by atoms with van der Waals surface area (Å²) in [6, 6.07) is 0. The summed E-state index contributed by atoms with van der Waals surface area (Å²) in [7, 11) is -4.42. The molecule has 0 aliphatic carbocycles. The van der Waals surface area contributed by atoms with Crippen molar-refractivity contribution in [2.24, 2.45) is 5.84 Å². The maximum atomic E-state index is 13.3. The Morgan fingerprint density at radius 2 is 1.47 bits per heavy atom. The van der Waals surface area contributed by atoms with Crippen LogP contribution in [0.2, 0.25) is 0 Å². The van der Waals surface area contributed by atoms with Crippen molar-refractivity contribution in [3.8, 4) is 0 Å². The van der Waals surface area contributed by atoms with E-state index in [9.17, 15) is 26.0 Å². The lowest BCUT2D eigenvalue weighted by Gasteiger charge is -2.10. The van der Waals surface area contributed by atoms with Gasteiger partial charge in [-0.05, 0) is 0 Å². The van der Waals surface area contributed by atoms with Crippen LogP contribution in [0.25, 0.3) is 0 Å². The van der Waals surface area contributed by atoms with Crippen molar-refractivity contribution >= 4 is 9.84 Å². The van der Waals surface area contributed by atoms with Crippen LogP contribution in [0.15, 0.2) is 4.90 Å². The molecule has 1 aromatic rings. The zero-order valence-electron chi connectivity index (χ0n) is 8.52. The Morgan fingerprint density at radius 1 is 1.06 bits per heavy atom. The number of benzene rings is 1. The summed E-state index contributed by atoms with van der Waals surface area (Å²) in [5.74, 6) is -2.73. The fourth-order valence-electron chi connectivity index (χ4n) is 1.24. The van der Waals surface area contributed by atoms with Crippen LogP contribution in [-0.2, 0) is 16.4 Å². The quantitative estimate of drug-likeness (QED) is 0.366. The molecule has 0 saturated heterocycles. The molecule has 4 nitrogen and oxygen atoms in total. The molecule has 0 saturated carbocycles. The molecular formula is C8H8F4N2O2S. The van der Waals surface area contributed by atoms with Gasteiger partial charge in [0.05, 0.1) is 0 Å². The minimum absolute atomic E-state index is 0.439. The number of nitrogens with two attached hydrogens (primary N) is 1. The highest BCUT2D eigenvalue weighted by molar-refractivity contribution is 7.90. The fraction of sp³-hybridized carbons (Fsp3) is 0.250. The molecule has 0 unspecified atom stereocenters. The Balaban J connectivity index is 3.71. The van der Waals surface area contributed by atoms with Crippen molar-refractivity contribution in [2.75, 3.05) is 6.26 Å². The van der Waals surface area contributed by atoms with Crippen LogP contribution in [0, 0.1) is 23.3 Å². The van der Waals surface area contributed by atoms with Gasteiger partial charge in [-0.2, -0.15) is 0 Å². The number of nitrogens with one attached hydrogen (secondary N) is 1. The molecule has 0 aliphatic rings. The standard InChI is InChI=1S/C8H8F4N2O2S/c1-17(15,16)8-6(11)4(9)3(2-14-13)5(10)7(8)12/h14H,2,13H2,1H3. The molecule has 0 spiro atoms. The first-order valence-corrected chi connectivity index (χ1v) is 6.09. The summed E-state index contributed by atoms with van der Waals surface area (Å²) in [6.07, 6.45) is 0.439. The van der Waals surface area contributed by atoms with Gasteiger partial charge in [0.25, 0.3) is 0 Å². The topological polar surface area (TPSA) is 72.2 Å². The zero-order valence-corrected chi connectivity index (χ0v) is 9.34. The average molecular weight is 272 g/mol. The normalized spacial score (nSPS) is 11.9. The Bertz CT molecular complexity index is 530. The van der Waals surface area contributed by atoms with Gasteiger partial charge in [0.2, 0.25) is 0 Å². The van der Waals surface area contributed by atoms with E-state index in [1.54, 1.807) is 0 Å². The van der Waals surface area contributed by atoms with Gasteiger partial charge in [-0.1, -0.05) is 0 Å². The van der Waals surface area contributed by atoms with E-state index < -0.39 is 50.1 Å². The second-order valence-corrected chi connectivity index (χ2v) is 5.17. The molecule has 1 rings (SSSR count). The highest BCUT2D eigenvalue weighted by Gasteiger charge is 2.30. The van der Waals surface area contributed by atoms with Crippen molar-refractivity contribution < 1.29 is 26.0 Å². The molecule has 0 aliphatic heterocycles. The molecule has 9 heteroatoms. The summed E-state index contributed by atoms with van der Waals surface area (Å²) >= 11 is 0. The molecule has 1 aromatic carbocycles. The first-order chi connectivity index (χ1) is 7.71. The Labute approximate surface area is 94.3 Å². The van der Waals surface area contributed by atoms with Crippen LogP contribution >= 0.6 is 0 Å². The van der Waals surface area contributed by atoms with E-state index in [0.717, 1.165) is 0 Å². The van der Waals surface area contributed by atoms with Crippen LogP contribution in [0.3, 0.4) is 0 Å². The van der Waals surface area contributed by atoms with E-state index in [2.05, 4.69) is 0 Å². The first kappa shape index (κ1) is 13.9. The summed E-state index contributed by atoms with van der Waals surface area (Å²) < 4.78 is 75.1. The smallest absolute Gasteiger partial charge is 0.181 e. The molecule has 0 amide bonds. The van der Waals surface area contributed by atoms with E-state index in [-0.39, 0.29) is 0 Å². The van der Waals surface area contributed by atoms with Gasteiger partial charge in [0, 0.05) is 18.4 Å². The van der Waals surface area contributed by atoms with Crippen molar-refractivity contribution in [3.05, 3.63) is 28.8 Å². The third-order valence-corrected chi connectivity index (χ3v) is 3.06. The highest BCUT2D eigenvalue weighted by atomic mass is 32.2.